The summed E-state index contributed by atoms with van der Waals surface area (Å²) in [6.07, 6.45) is 2.80. The Labute approximate surface area is 124 Å². The maximum absolute atomic E-state index is 11.7. The van der Waals surface area contributed by atoms with E-state index in [0.29, 0.717) is 5.56 Å². The summed E-state index contributed by atoms with van der Waals surface area (Å²) < 4.78 is 4.80. The van der Waals surface area contributed by atoms with Crippen LogP contribution in [0.15, 0.2) is 48.5 Å². The van der Waals surface area contributed by atoms with E-state index in [1.165, 1.54) is 12.7 Å². The standard InChI is InChI=1S/C17H17ClO2/c1-20-17(19)16-8-3-2-6-14(16)7-4-5-13-9-11-15(18)12-10-13/h2-3,6,8-12H,4-5,7H2,1H3. The highest BCUT2D eigenvalue weighted by atomic mass is 35.5. The van der Waals surface area contributed by atoms with Gasteiger partial charge in [0.25, 0.3) is 0 Å². The third-order valence-corrected chi connectivity index (χ3v) is 3.50. The molecule has 0 aliphatic heterocycles. The van der Waals surface area contributed by atoms with Crippen molar-refractivity contribution in [2.24, 2.45) is 0 Å². The van der Waals surface area contributed by atoms with Crippen molar-refractivity contribution in [2.75, 3.05) is 7.11 Å². The fraction of sp³-hybridized carbons (Fsp3) is 0.235. The van der Waals surface area contributed by atoms with Crippen LogP contribution < -0.4 is 0 Å². The molecule has 0 N–H and O–H groups in total. The highest BCUT2D eigenvalue weighted by molar-refractivity contribution is 6.30. The molecule has 0 aliphatic carbocycles. The number of hydrogen-bond donors (Lipinski definition) is 0. The number of methoxy groups -OCH3 is 1. The van der Waals surface area contributed by atoms with Gasteiger partial charge in [-0.25, -0.2) is 4.79 Å². The predicted molar refractivity (Wildman–Crippen MR) is 81.3 cm³/mol. The monoisotopic (exact) mass is 288 g/mol. The summed E-state index contributed by atoms with van der Waals surface area (Å²) in [5.41, 5.74) is 2.95. The lowest BCUT2D eigenvalue weighted by Gasteiger charge is -2.07. The minimum Gasteiger partial charge on any atom is -0.465 e. The van der Waals surface area contributed by atoms with Gasteiger partial charge in [0.1, 0.15) is 0 Å². The van der Waals surface area contributed by atoms with Gasteiger partial charge in [-0.1, -0.05) is 41.9 Å². The normalized spacial score (nSPS) is 10.3. The first-order valence-electron chi connectivity index (χ1n) is 6.61. The maximum Gasteiger partial charge on any atom is 0.338 e. The third-order valence-electron chi connectivity index (χ3n) is 3.25. The highest BCUT2D eigenvalue weighted by Gasteiger charge is 2.10. The van der Waals surface area contributed by atoms with Crippen molar-refractivity contribution in [3.63, 3.8) is 0 Å². The number of aryl methyl sites for hydroxylation is 2. The second-order valence-electron chi connectivity index (χ2n) is 4.63. The van der Waals surface area contributed by atoms with Crippen LogP contribution >= 0.6 is 11.6 Å². The molecule has 0 aliphatic rings. The van der Waals surface area contributed by atoms with Crippen LogP contribution in [-0.4, -0.2) is 13.1 Å². The Hall–Kier alpha value is -1.80. The minimum atomic E-state index is -0.271. The molecule has 2 rings (SSSR count). The summed E-state index contributed by atoms with van der Waals surface area (Å²) >= 11 is 5.86. The van der Waals surface area contributed by atoms with E-state index in [2.05, 4.69) is 0 Å². The van der Waals surface area contributed by atoms with Crippen LogP contribution in [0, 0.1) is 0 Å². The molecule has 2 aromatic rings. The Kier molecular flexibility index (Phi) is 5.19. The van der Waals surface area contributed by atoms with Crippen molar-refractivity contribution in [2.45, 2.75) is 19.3 Å². The van der Waals surface area contributed by atoms with Gasteiger partial charge >= 0.3 is 5.97 Å². The summed E-state index contributed by atoms with van der Waals surface area (Å²) in [7, 11) is 1.41. The third kappa shape index (κ3) is 3.84. The fourth-order valence-electron chi connectivity index (χ4n) is 2.18. The molecule has 0 unspecified atom stereocenters. The van der Waals surface area contributed by atoms with E-state index in [4.69, 9.17) is 16.3 Å². The van der Waals surface area contributed by atoms with E-state index in [9.17, 15) is 4.79 Å². The average Bonchev–Trinajstić information content (AvgIpc) is 2.49. The van der Waals surface area contributed by atoms with Gasteiger partial charge in [-0.15, -0.1) is 0 Å². The summed E-state index contributed by atoms with van der Waals surface area (Å²) in [4.78, 5) is 11.7. The van der Waals surface area contributed by atoms with Crippen LogP contribution in [0.4, 0.5) is 0 Å². The van der Waals surface area contributed by atoms with Crippen LogP contribution in [0.25, 0.3) is 0 Å². The average molecular weight is 289 g/mol. The first-order chi connectivity index (χ1) is 9.70. The molecule has 0 heterocycles. The largest absolute Gasteiger partial charge is 0.465 e. The molecule has 0 aromatic heterocycles. The Morgan fingerprint density at radius 1 is 1.05 bits per heavy atom. The topological polar surface area (TPSA) is 26.3 Å². The Morgan fingerprint density at radius 2 is 1.75 bits per heavy atom. The number of carbonyl (C=O) groups excluding carboxylic acids is 1. The van der Waals surface area contributed by atoms with Crippen molar-refractivity contribution in [1.29, 1.82) is 0 Å². The number of halogens is 1. The maximum atomic E-state index is 11.7. The van der Waals surface area contributed by atoms with E-state index in [1.807, 2.05) is 48.5 Å². The summed E-state index contributed by atoms with van der Waals surface area (Å²) in [5.74, 6) is -0.271. The van der Waals surface area contributed by atoms with Gasteiger partial charge in [-0.2, -0.15) is 0 Å². The van der Waals surface area contributed by atoms with E-state index >= 15 is 0 Å². The van der Waals surface area contributed by atoms with Crippen LogP contribution in [-0.2, 0) is 17.6 Å². The van der Waals surface area contributed by atoms with Gasteiger partial charge in [0.05, 0.1) is 12.7 Å². The Balaban J connectivity index is 1.97. The smallest absolute Gasteiger partial charge is 0.338 e. The molecule has 0 amide bonds. The van der Waals surface area contributed by atoms with Gasteiger partial charge in [-0.05, 0) is 48.6 Å². The first kappa shape index (κ1) is 14.6. The summed E-state index contributed by atoms with van der Waals surface area (Å²) in [6, 6.07) is 15.5. The molecule has 0 saturated heterocycles. The molecule has 0 fully saturated rings. The van der Waals surface area contributed by atoms with Crippen LogP contribution in [0.3, 0.4) is 0 Å². The molecule has 104 valence electrons. The van der Waals surface area contributed by atoms with Gasteiger partial charge in [-0.3, -0.25) is 0 Å². The molecular weight excluding hydrogens is 272 g/mol. The zero-order chi connectivity index (χ0) is 14.4. The summed E-state index contributed by atoms with van der Waals surface area (Å²) in [5, 5.41) is 0.754. The molecule has 0 saturated carbocycles. The highest BCUT2D eigenvalue weighted by Crippen LogP contribution is 2.15. The molecular formula is C17H17ClO2. The minimum absolute atomic E-state index is 0.271. The van der Waals surface area contributed by atoms with Crippen molar-refractivity contribution in [3.05, 3.63) is 70.2 Å². The number of rotatable bonds is 5. The lowest BCUT2D eigenvalue weighted by Crippen LogP contribution is -2.05. The number of benzene rings is 2. The number of esters is 1. The van der Waals surface area contributed by atoms with E-state index in [-0.39, 0.29) is 5.97 Å². The SMILES string of the molecule is COC(=O)c1ccccc1CCCc1ccc(Cl)cc1. The molecule has 2 aromatic carbocycles. The fourth-order valence-corrected chi connectivity index (χ4v) is 2.31. The van der Waals surface area contributed by atoms with Gasteiger partial charge in [0.2, 0.25) is 0 Å². The second-order valence-corrected chi connectivity index (χ2v) is 5.07. The first-order valence-corrected chi connectivity index (χ1v) is 6.99. The lowest BCUT2D eigenvalue weighted by atomic mass is 10.00. The number of ether oxygens (including phenoxy) is 1. The van der Waals surface area contributed by atoms with Gasteiger partial charge in [0, 0.05) is 5.02 Å². The van der Waals surface area contributed by atoms with Crippen molar-refractivity contribution in [3.8, 4) is 0 Å². The zero-order valence-electron chi connectivity index (χ0n) is 11.4. The van der Waals surface area contributed by atoms with E-state index < -0.39 is 0 Å². The molecule has 3 heteroatoms. The number of carbonyl (C=O) groups is 1. The van der Waals surface area contributed by atoms with Crippen LogP contribution in [0.5, 0.6) is 0 Å². The molecule has 0 radical (unpaired) electrons. The van der Waals surface area contributed by atoms with E-state index in [1.54, 1.807) is 0 Å². The predicted octanol–water partition coefficient (Wildman–Crippen LogP) is 4.30. The van der Waals surface area contributed by atoms with E-state index in [0.717, 1.165) is 29.8 Å². The Morgan fingerprint density at radius 3 is 2.45 bits per heavy atom. The van der Waals surface area contributed by atoms with Gasteiger partial charge < -0.3 is 4.74 Å². The van der Waals surface area contributed by atoms with Crippen LogP contribution in [0.2, 0.25) is 5.02 Å². The lowest BCUT2D eigenvalue weighted by molar-refractivity contribution is 0.0599. The van der Waals surface area contributed by atoms with Crippen molar-refractivity contribution >= 4 is 17.6 Å². The molecule has 0 spiro atoms. The molecule has 20 heavy (non-hydrogen) atoms. The van der Waals surface area contributed by atoms with Crippen LogP contribution in [0.1, 0.15) is 27.9 Å². The van der Waals surface area contributed by atoms with Crippen molar-refractivity contribution < 1.29 is 9.53 Å². The molecule has 2 nitrogen and oxygen atoms in total. The van der Waals surface area contributed by atoms with Gasteiger partial charge in [0.15, 0.2) is 0 Å². The Bertz CT molecular complexity index is 576. The summed E-state index contributed by atoms with van der Waals surface area (Å²) in [6.45, 7) is 0. The molecule has 0 bridgehead atoms. The molecule has 0 atom stereocenters. The van der Waals surface area contributed by atoms with Crippen molar-refractivity contribution in [1.82, 2.24) is 0 Å². The number of hydrogen-bond acceptors (Lipinski definition) is 2. The second kappa shape index (κ2) is 7.11. The quantitative estimate of drug-likeness (QED) is 0.767. The zero-order valence-corrected chi connectivity index (χ0v) is 12.2.